The van der Waals surface area contributed by atoms with E-state index in [-0.39, 0.29) is 6.03 Å². The molecule has 0 bridgehead atoms. The van der Waals surface area contributed by atoms with Gasteiger partial charge in [0.2, 0.25) is 0 Å². The lowest BCUT2D eigenvalue weighted by molar-refractivity contribution is 0.246. The molecule has 102 valence electrons. The van der Waals surface area contributed by atoms with Crippen molar-refractivity contribution in [3.8, 4) is 0 Å². The molecule has 1 N–H and O–H groups in total. The van der Waals surface area contributed by atoms with Gasteiger partial charge >= 0.3 is 6.03 Å². The van der Waals surface area contributed by atoms with Gasteiger partial charge < -0.3 is 5.32 Å². The molecule has 0 saturated heterocycles. The Bertz CT molecular complexity index is 642. The van der Waals surface area contributed by atoms with E-state index in [1.165, 1.54) is 5.56 Å². The Balaban J connectivity index is 1.68. The molecule has 0 spiro atoms. The standard InChI is InChI=1S/C16H15ClN2O/c17-14-7-3-1-6-13(14)11-18-16(20)19-10-9-12-5-2-4-8-15(12)19/h1-8H,9-11H2,(H,18,20). The summed E-state index contributed by atoms with van der Waals surface area (Å²) in [5, 5.41) is 3.60. The molecule has 1 aliphatic heterocycles. The van der Waals surface area contributed by atoms with Crippen LogP contribution in [0.15, 0.2) is 48.5 Å². The van der Waals surface area contributed by atoms with Crippen LogP contribution in [0.4, 0.5) is 10.5 Å². The number of carbonyl (C=O) groups excluding carboxylic acids is 1. The van der Waals surface area contributed by atoms with Crippen LogP contribution in [-0.2, 0) is 13.0 Å². The van der Waals surface area contributed by atoms with Crippen molar-refractivity contribution in [1.29, 1.82) is 0 Å². The molecule has 20 heavy (non-hydrogen) atoms. The molecule has 2 amide bonds. The van der Waals surface area contributed by atoms with Gasteiger partial charge in [-0.15, -0.1) is 0 Å². The van der Waals surface area contributed by atoms with Crippen molar-refractivity contribution in [2.24, 2.45) is 0 Å². The molecule has 0 aromatic heterocycles. The number of para-hydroxylation sites is 1. The molecule has 0 aliphatic carbocycles. The van der Waals surface area contributed by atoms with Crippen molar-refractivity contribution in [1.82, 2.24) is 5.32 Å². The summed E-state index contributed by atoms with van der Waals surface area (Å²) in [6.45, 7) is 1.17. The Hall–Kier alpha value is -2.00. The lowest BCUT2D eigenvalue weighted by atomic mass is 10.2. The molecule has 3 rings (SSSR count). The molecule has 0 fully saturated rings. The molecule has 1 heterocycles. The fourth-order valence-corrected chi connectivity index (χ4v) is 2.66. The van der Waals surface area contributed by atoms with E-state index in [0.717, 1.165) is 24.2 Å². The Morgan fingerprint density at radius 3 is 2.75 bits per heavy atom. The number of nitrogens with one attached hydrogen (secondary N) is 1. The van der Waals surface area contributed by atoms with Crippen LogP contribution in [0.5, 0.6) is 0 Å². The predicted octanol–water partition coefficient (Wildman–Crippen LogP) is 3.61. The average molecular weight is 287 g/mol. The Kier molecular flexibility index (Phi) is 3.61. The van der Waals surface area contributed by atoms with E-state index in [9.17, 15) is 4.79 Å². The van der Waals surface area contributed by atoms with Crippen LogP contribution < -0.4 is 10.2 Å². The SMILES string of the molecule is O=C(NCc1ccccc1Cl)N1CCc2ccccc21. The molecule has 3 nitrogen and oxygen atoms in total. The lowest BCUT2D eigenvalue weighted by Gasteiger charge is -2.18. The summed E-state index contributed by atoms with van der Waals surface area (Å²) >= 11 is 6.08. The van der Waals surface area contributed by atoms with Crippen molar-refractivity contribution in [2.45, 2.75) is 13.0 Å². The Morgan fingerprint density at radius 1 is 1.15 bits per heavy atom. The number of benzene rings is 2. The molecule has 0 radical (unpaired) electrons. The summed E-state index contributed by atoms with van der Waals surface area (Å²) in [6, 6.07) is 15.5. The maximum absolute atomic E-state index is 12.3. The van der Waals surface area contributed by atoms with Gasteiger partial charge in [0, 0.05) is 23.8 Å². The minimum atomic E-state index is -0.0742. The van der Waals surface area contributed by atoms with Gasteiger partial charge in [0.15, 0.2) is 0 Å². The Morgan fingerprint density at radius 2 is 1.90 bits per heavy atom. The van der Waals surface area contributed by atoms with E-state index >= 15 is 0 Å². The van der Waals surface area contributed by atoms with E-state index in [1.54, 1.807) is 4.90 Å². The summed E-state index contributed by atoms with van der Waals surface area (Å²) in [5.74, 6) is 0. The molecule has 2 aromatic rings. The number of hydrogen-bond acceptors (Lipinski definition) is 1. The summed E-state index contributed by atoms with van der Waals surface area (Å²) in [6.07, 6.45) is 0.912. The minimum absolute atomic E-state index is 0.0742. The topological polar surface area (TPSA) is 32.3 Å². The first kappa shape index (κ1) is 13.0. The summed E-state index contributed by atoms with van der Waals surface area (Å²) in [7, 11) is 0. The largest absolute Gasteiger partial charge is 0.334 e. The number of nitrogens with zero attached hydrogens (tertiary/aromatic N) is 1. The smallest absolute Gasteiger partial charge is 0.322 e. The van der Waals surface area contributed by atoms with Gasteiger partial charge in [-0.3, -0.25) is 4.90 Å². The number of urea groups is 1. The van der Waals surface area contributed by atoms with Crippen molar-refractivity contribution in [3.63, 3.8) is 0 Å². The van der Waals surface area contributed by atoms with E-state index in [4.69, 9.17) is 11.6 Å². The summed E-state index contributed by atoms with van der Waals surface area (Å²) in [5.41, 5.74) is 3.15. The highest BCUT2D eigenvalue weighted by Crippen LogP contribution is 2.27. The van der Waals surface area contributed by atoms with Gasteiger partial charge in [0.25, 0.3) is 0 Å². The molecule has 1 aliphatic rings. The van der Waals surface area contributed by atoms with Gasteiger partial charge in [-0.1, -0.05) is 48.0 Å². The van der Waals surface area contributed by atoms with Crippen LogP contribution in [0.2, 0.25) is 5.02 Å². The van der Waals surface area contributed by atoms with Gasteiger partial charge in [-0.2, -0.15) is 0 Å². The van der Waals surface area contributed by atoms with Crippen LogP contribution in [0, 0.1) is 0 Å². The average Bonchev–Trinajstić information content (AvgIpc) is 2.90. The second-order valence-electron chi connectivity index (χ2n) is 4.78. The van der Waals surface area contributed by atoms with Gasteiger partial charge in [-0.05, 0) is 29.7 Å². The number of rotatable bonds is 2. The Labute approximate surface area is 123 Å². The van der Waals surface area contributed by atoms with Crippen molar-refractivity contribution in [3.05, 3.63) is 64.7 Å². The zero-order valence-electron chi connectivity index (χ0n) is 11.0. The minimum Gasteiger partial charge on any atom is -0.334 e. The molecular formula is C16H15ClN2O. The monoisotopic (exact) mass is 286 g/mol. The molecule has 0 atom stereocenters. The first-order chi connectivity index (χ1) is 9.75. The predicted molar refractivity (Wildman–Crippen MR) is 81.2 cm³/mol. The highest BCUT2D eigenvalue weighted by molar-refractivity contribution is 6.31. The number of anilines is 1. The third kappa shape index (κ3) is 2.49. The maximum atomic E-state index is 12.3. The van der Waals surface area contributed by atoms with E-state index in [0.29, 0.717) is 11.6 Å². The fourth-order valence-electron chi connectivity index (χ4n) is 2.46. The normalized spacial score (nSPS) is 13.2. The summed E-state index contributed by atoms with van der Waals surface area (Å²) in [4.78, 5) is 14.0. The van der Waals surface area contributed by atoms with Crippen molar-refractivity contribution in [2.75, 3.05) is 11.4 Å². The van der Waals surface area contributed by atoms with E-state index in [2.05, 4.69) is 11.4 Å². The number of carbonyl (C=O) groups is 1. The quantitative estimate of drug-likeness (QED) is 0.899. The summed E-state index contributed by atoms with van der Waals surface area (Å²) < 4.78 is 0. The number of amides is 2. The fraction of sp³-hybridized carbons (Fsp3) is 0.188. The molecule has 2 aromatic carbocycles. The third-order valence-corrected chi connectivity index (χ3v) is 3.89. The zero-order valence-corrected chi connectivity index (χ0v) is 11.7. The maximum Gasteiger partial charge on any atom is 0.322 e. The van der Waals surface area contributed by atoms with Crippen LogP contribution in [-0.4, -0.2) is 12.6 Å². The molecule has 0 saturated carbocycles. The third-order valence-electron chi connectivity index (χ3n) is 3.52. The highest BCUT2D eigenvalue weighted by Gasteiger charge is 2.23. The van der Waals surface area contributed by atoms with Gasteiger partial charge in [0.1, 0.15) is 0 Å². The number of fused-ring (bicyclic) bond motifs is 1. The van der Waals surface area contributed by atoms with E-state index < -0.39 is 0 Å². The van der Waals surface area contributed by atoms with Gasteiger partial charge in [-0.25, -0.2) is 4.79 Å². The van der Waals surface area contributed by atoms with Crippen molar-refractivity contribution >= 4 is 23.3 Å². The van der Waals surface area contributed by atoms with Crippen LogP contribution >= 0.6 is 11.6 Å². The van der Waals surface area contributed by atoms with E-state index in [1.807, 2.05) is 42.5 Å². The lowest BCUT2D eigenvalue weighted by Crippen LogP contribution is -2.38. The van der Waals surface area contributed by atoms with Crippen molar-refractivity contribution < 1.29 is 4.79 Å². The molecule has 0 unspecified atom stereocenters. The molecule has 4 heteroatoms. The first-order valence-corrected chi connectivity index (χ1v) is 7.00. The van der Waals surface area contributed by atoms with Crippen LogP contribution in [0.3, 0.4) is 0 Å². The second-order valence-corrected chi connectivity index (χ2v) is 5.19. The molecular weight excluding hydrogens is 272 g/mol. The number of hydrogen-bond donors (Lipinski definition) is 1. The van der Waals surface area contributed by atoms with Crippen LogP contribution in [0.25, 0.3) is 0 Å². The highest BCUT2D eigenvalue weighted by atomic mass is 35.5. The van der Waals surface area contributed by atoms with Gasteiger partial charge in [0.05, 0.1) is 0 Å². The number of halogens is 1. The zero-order chi connectivity index (χ0) is 13.9. The first-order valence-electron chi connectivity index (χ1n) is 6.62. The van der Waals surface area contributed by atoms with Crippen LogP contribution in [0.1, 0.15) is 11.1 Å². The second kappa shape index (κ2) is 5.55.